The van der Waals surface area contributed by atoms with Crippen molar-refractivity contribution in [2.45, 2.75) is 13.3 Å². The lowest BCUT2D eigenvalue weighted by Gasteiger charge is -2.19. The van der Waals surface area contributed by atoms with Crippen LogP contribution in [0.4, 0.5) is 0 Å². The molecule has 2 nitrogen and oxygen atoms in total. The van der Waals surface area contributed by atoms with Crippen LogP contribution in [0.1, 0.15) is 13.3 Å². The molecule has 0 aliphatic carbocycles. The van der Waals surface area contributed by atoms with Crippen molar-refractivity contribution >= 4 is 41.5 Å². The van der Waals surface area contributed by atoms with Gasteiger partial charge in [-0.15, -0.1) is 6.58 Å². The van der Waals surface area contributed by atoms with Gasteiger partial charge in [0, 0.05) is 0 Å². The molecule has 0 radical (unpaired) electrons. The van der Waals surface area contributed by atoms with Crippen LogP contribution in [-0.2, 0) is 20.9 Å². The van der Waals surface area contributed by atoms with Crippen LogP contribution in [-0.4, -0.2) is 12.8 Å². The average molecular weight is 275 g/mol. The van der Waals surface area contributed by atoms with Gasteiger partial charge in [0.2, 0.25) is 6.49 Å². The molecule has 0 rings (SSSR count). The highest BCUT2D eigenvalue weighted by molar-refractivity contribution is 8.10. The molecule has 0 bridgehead atoms. The predicted octanol–water partition coefficient (Wildman–Crippen LogP) is 4.20. The number of halogens is 2. The Kier molecular flexibility index (Phi) is 7.98. The van der Waals surface area contributed by atoms with E-state index in [1.165, 1.54) is 6.26 Å². The molecule has 82 valence electrons. The number of hydrogen-bond donors (Lipinski definition) is 0. The summed E-state index contributed by atoms with van der Waals surface area (Å²) in [7, 11) is 0. The van der Waals surface area contributed by atoms with Crippen molar-refractivity contribution in [3.05, 3.63) is 23.4 Å². The molecule has 0 heterocycles. The molecule has 0 fully saturated rings. The van der Waals surface area contributed by atoms with E-state index in [4.69, 9.17) is 44.1 Å². The van der Waals surface area contributed by atoms with E-state index in [1.54, 1.807) is 6.08 Å². The molecule has 0 aromatic rings. The molecule has 14 heavy (non-hydrogen) atoms. The Morgan fingerprint density at radius 1 is 1.57 bits per heavy atom. The molecule has 0 aliphatic heterocycles. The summed E-state index contributed by atoms with van der Waals surface area (Å²) in [5.41, 5.74) is 0. The highest BCUT2D eigenvalue weighted by Crippen LogP contribution is 2.49. The van der Waals surface area contributed by atoms with E-state index in [-0.39, 0.29) is 4.49 Å². The average Bonchev–Trinajstić information content (AvgIpc) is 2.13. The first-order valence-electron chi connectivity index (χ1n) is 4.08. The Bertz CT molecular complexity index is 252. The largest absolute Gasteiger partial charge is 0.448 e. The van der Waals surface area contributed by atoms with Crippen LogP contribution in [0.3, 0.4) is 0 Å². The number of hydrogen-bond acceptors (Lipinski definition) is 3. The summed E-state index contributed by atoms with van der Waals surface area (Å²) < 4.78 is 10.7. The van der Waals surface area contributed by atoms with Crippen LogP contribution in [0, 0.1) is 0 Å². The highest BCUT2D eigenvalue weighted by atomic mass is 35.5. The first-order chi connectivity index (χ1) is 6.54. The van der Waals surface area contributed by atoms with Crippen LogP contribution in [0.2, 0.25) is 0 Å². The lowest BCUT2D eigenvalue weighted by molar-refractivity contribution is 0.299. The summed E-state index contributed by atoms with van der Waals surface area (Å²) in [4.78, 5) is 0. The topological polar surface area (TPSA) is 18.5 Å². The van der Waals surface area contributed by atoms with Crippen molar-refractivity contribution in [2.75, 3.05) is 12.8 Å². The Labute approximate surface area is 100 Å². The molecule has 6 heteroatoms. The minimum absolute atomic E-state index is 0.0309. The maximum Gasteiger partial charge on any atom is 0.241 e. The third-order valence-electron chi connectivity index (χ3n) is 1.15. The first kappa shape index (κ1) is 14.5. The predicted molar refractivity (Wildman–Crippen MR) is 66.5 cm³/mol. The minimum atomic E-state index is -2.32. The Morgan fingerprint density at radius 2 is 2.21 bits per heavy atom. The van der Waals surface area contributed by atoms with Crippen molar-refractivity contribution in [3.8, 4) is 0 Å². The third-order valence-corrected chi connectivity index (χ3v) is 4.06. The van der Waals surface area contributed by atoms with E-state index in [9.17, 15) is 0 Å². The molecule has 0 spiro atoms. The van der Waals surface area contributed by atoms with E-state index in [2.05, 4.69) is 6.58 Å². The van der Waals surface area contributed by atoms with Crippen LogP contribution < -0.4 is 0 Å². The van der Waals surface area contributed by atoms with E-state index < -0.39 is 6.49 Å². The van der Waals surface area contributed by atoms with Crippen molar-refractivity contribution in [3.63, 3.8) is 0 Å². The minimum Gasteiger partial charge on any atom is -0.448 e. The Morgan fingerprint density at radius 3 is 2.64 bits per heavy atom. The molecule has 1 unspecified atom stereocenters. The van der Waals surface area contributed by atoms with Crippen LogP contribution >= 0.6 is 29.7 Å². The summed E-state index contributed by atoms with van der Waals surface area (Å²) >= 11 is 16.0. The van der Waals surface area contributed by atoms with Gasteiger partial charge in [-0.1, -0.05) is 36.2 Å². The molecule has 0 aliphatic rings. The van der Waals surface area contributed by atoms with E-state index in [0.29, 0.717) is 12.8 Å². The smallest absolute Gasteiger partial charge is 0.241 e. The Hall–Kier alpha value is 0.470. The van der Waals surface area contributed by atoms with Gasteiger partial charge in [-0.3, -0.25) is 0 Å². The zero-order chi connectivity index (χ0) is 11.0. The lowest BCUT2D eigenvalue weighted by Crippen LogP contribution is -1.96. The first-order valence-corrected chi connectivity index (χ1v) is 7.66. The quantitative estimate of drug-likeness (QED) is 0.394. The van der Waals surface area contributed by atoms with E-state index in [0.717, 1.165) is 6.42 Å². The van der Waals surface area contributed by atoms with Crippen molar-refractivity contribution < 1.29 is 9.05 Å². The van der Waals surface area contributed by atoms with Crippen molar-refractivity contribution in [1.29, 1.82) is 0 Å². The molecule has 0 aromatic heterocycles. The summed E-state index contributed by atoms with van der Waals surface area (Å²) in [5.74, 6) is 0. The fourth-order valence-electron chi connectivity index (χ4n) is 0.635. The molecule has 0 saturated heterocycles. The van der Waals surface area contributed by atoms with E-state index in [1.807, 2.05) is 6.92 Å². The highest BCUT2D eigenvalue weighted by Gasteiger charge is 2.16. The standard InChI is InChI=1S/C8H13Cl2O2PS/c1-3-5-11-13(14,6-4-2)12-7-8(9)10/h4,7H,2-3,5-6H2,1H3. The van der Waals surface area contributed by atoms with Crippen molar-refractivity contribution in [1.82, 2.24) is 0 Å². The van der Waals surface area contributed by atoms with Gasteiger partial charge in [-0.05, 0) is 18.2 Å². The lowest BCUT2D eigenvalue weighted by atomic mass is 10.5. The van der Waals surface area contributed by atoms with Gasteiger partial charge >= 0.3 is 0 Å². The van der Waals surface area contributed by atoms with Crippen molar-refractivity contribution in [2.24, 2.45) is 0 Å². The monoisotopic (exact) mass is 274 g/mol. The fourth-order valence-corrected chi connectivity index (χ4v) is 2.81. The maximum atomic E-state index is 5.44. The van der Waals surface area contributed by atoms with Crippen LogP contribution in [0.25, 0.3) is 0 Å². The van der Waals surface area contributed by atoms with Gasteiger partial charge in [0.05, 0.1) is 12.8 Å². The summed E-state index contributed by atoms with van der Waals surface area (Å²) in [6.07, 6.45) is 4.27. The fraction of sp³-hybridized carbons (Fsp3) is 0.500. The molecular formula is C8H13Cl2O2PS. The molecular weight excluding hydrogens is 262 g/mol. The molecule has 0 saturated carbocycles. The van der Waals surface area contributed by atoms with Gasteiger partial charge < -0.3 is 9.05 Å². The normalized spacial score (nSPS) is 14.2. The second-order valence-corrected chi connectivity index (χ2v) is 7.16. The summed E-state index contributed by atoms with van der Waals surface area (Å²) in [6, 6.07) is 0. The molecule has 0 aromatic carbocycles. The van der Waals surface area contributed by atoms with Gasteiger partial charge in [-0.25, -0.2) is 0 Å². The van der Waals surface area contributed by atoms with Gasteiger partial charge in [0.25, 0.3) is 0 Å². The maximum absolute atomic E-state index is 5.44. The summed E-state index contributed by atoms with van der Waals surface area (Å²) in [5, 5.41) is 0. The second-order valence-electron chi connectivity index (χ2n) is 2.43. The zero-order valence-corrected chi connectivity index (χ0v) is 11.1. The third kappa shape index (κ3) is 6.86. The molecule has 0 amide bonds. The Balaban J connectivity index is 4.31. The zero-order valence-electron chi connectivity index (χ0n) is 7.91. The SMILES string of the molecule is C=CCP(=S)(OC=C(Cl)Cl)OCCC. The number of rotatable bonds is 7. The van der Waals surface area contributed by atoms with Gasteiger partial charge in [0.15, 0.2) is 0 Å². The van der Waals surface area contributed by atoms with E-state index >= 15 is 0 Å². The second kappa shape index (κ2) is 7.72. The van der Waals surface area contributed by atoms with Crippen LogP contribution in [0.5, 0.6) is 0 Å². The number of allylic oxidation sites excluding steroid dienone is 1. The van der Waals surface area contributed by atoms with Gasteiger partial charge in [0.1, 0.15) is 10.8 Å². The molecule has 1 atom stereocenters. The summed E-state index contributed by atoms with van der Waals surface area (Å²) in [6.45, 7) is 3.84. The van der Waals surface area contributed by atoms with Gasteiger partial charge in [-0.2, -0.15) is 0 Å². The molecule has 0 N–H and O–H groups in total. The van der Waals surface area contributed by atoms with Crippen LogP contribution in [0.15, 0.2) is 23.4 Å².